The molecule has 104 valence electrons. The molecule has 2 aliphatic rings. The van der Waals surface area contributed by atoms with Gasteiger partial charge in [-0.05, 0) is 22.9 Å². The zero-order valence-corrected chi connectivity index (χ0v) is 12.7. The largest absolute Gasteiger partial charge is 0.273 e. The van der Waals surface area contributed by atoms with Crippen molar-refractivity contribution in [3.8, 4) is 0 Å². The number of rotatable bonds is 1. The third-order valence-corrected chi connectivity index (χ3v) is 6.11. The molecule has 2 aromatic carbocycles. The molecule has 0 bridgehead atoms. The van der Waals surface area contributed by atoms with E-state index < -0.39 is 0 Å². The third-order valence-electron chi connectivity index (χ3n) is 3.57. The molecule has 0 aromatic heterocycles. The van der Waals surface area contributed by atoms with Gasteiger partial charge in [-0.15, -0.1) is 23.5 Å². The number of fused-ring (bicyclic) bond motifs is 1. The summed E-state index contributed by atoms with van der Waals surface area (Å²) in [5.74, 6) is 1.41. The second kappa shape index (κ2) is 4.93. The third kappa shape index (κ3) is 2.00. The summed E-state index contributed by atoms with van der Waals surface area (Å²) >= 11 is 2.99. The van der Waals surface area contributed by atoms with E-state index in [2.05, 4.69) is 0 Å². The molecule has 0 spiro atoms. The lowest BCUT2D eigenvalue weighted by molar-refractivity contribution is -0.120. The van der Waals surface area contributed by atoms with E-state index in [-0.39, 0.29) is 11.8 Å². The maximum atomic E-state index is 12.5. The van der Waals surface area contributed by atoms with Crippen LogP contribution in [0.4, 0.5) is 5.69 Å². The van der Waals surface area contributed by atoms with Crippen LogP contribution < -0.4 is 4.90 Å². The van der Waals surface area contributed by atoms with Crippen molar-refractivity contribution in [2.45, 2.75) is 0 Å². The summed E-state index contributed by atoms with van der Waals surface area (Å²) in [6.45, 7) is 0. The van der Waals surface area contributed by atoms with E-state index in [4.69, 9.17) is 0 Å². The molecule has 5 heteroatoms. The zero-order chi connectivity index (χ0) is 14.4. The molecule has 0 radical (unpaired) electrons. The van der Waals surface area contributed by atoms with Gasteiger partial charge in [0.1, 0.15) is 0 Å². The van der Waals surface area contributed by atoms with E-state index in [0.29, 0.717) is 15.5 Å². The Bertz CT molecular complexity index is 785. The van der Waals surface area contributed by atoms with Crippen LogP contribution in [-0.2, 0) is 9.59 Å². The summed E-state index contributed by atoms with van der Waals surface area (Å²) in [5.41, 5.74) is 0.652. The number of thioether (sulfide) groups is 2. The van der Waals surface area contributed by atoms with Crippen LogP contribution in [-0.4, -0.2) is 23.3 Å². The molecule has 4 rings (SSSR count). The first kappa shape index (κ1) is 13.0. The van der Waals surface area contributed by atoms with Gasteiger partial charge in [0, 0.05) is 11.5 Å². The Balaban J connectivity index is 1.79. The van der Waals surface area contributed by atoms with Crippen molar-refractivity contribution in [2.75, 3.05) is 16.4 Å². The number of imide groups is 1. The standard InChI is InChI=1S/C16H11NO2S2/c18-15-13-14(21-8-7-20-13)16(19)17(15)12-6-5-10-3-1-2-4-11(10)9-12/h1-6,9H,7-8H2. The van der Waals surface area contributed by atoms with E-state index in [1.807, 2.05) is 42.5 Å². The quantitative estimate of drug-likeness (QED) is 0.756. The number of amides is 2. The van der Waals surface area contributed by atoms with Crippen LogP contribution in [0.25, 0.3) is 10.8 Å². The summed E-state index contributed by atoms with van der Waals surface area (Å²) < 4.78 is 0. The predicted molar refractivity (Wildman–Crippen MR) is 88.4 cm³/mol. The number of anilines is 1. The van der Waals surface area contributed by atoms with E-state index >= 15 is 0 Å². The van der Waals surface area contributed by atoms with Gasteiger partial charge >= 0.3 is 0 Å². The van der Waals surface area contributed by atoms with E-state index in [1.165, 1.54) is 28.4 Å². The lowest BCUT2D eigenvalue weighted by Gasteiger charge is -2.15. The first-order valence-electron chi connectivity index (χ1n) is 6.63. The Morgan fingerprint density at radius 1 is 0.810 bits per heavy atom. The normalized spacial score (nSPS) is 18.6. The van der Waals surface area contributed by atoms with Gasteiger partial charge in [0.25, 0.3) is 11.8 Å². The minimum absolute atomic E-state index is 0.178. The van der Waals surface area contributed by atoms with Crippen LogP contribution in [0.3, 0.4) is 0 Å². The number of hydrogen-bond acceptors (Lipinski definition) is 4. The molecular formula is C16H11NO2S2. The summed E-state index contributed by atoms with van der Waals surface area (Å²) in [4.78, 5) is 27.5. The van der Waals surface area contributed by atoms with Crippen molar-refractivity contribution < 1.29 is 9.59 Å². The minimum atomic E-state index is -0.178. The lowest BCUT2D eigenvalue weighted by Crippen LogP contribution is -2.31. The number of hydrogen-bond donors (Lipinski definition) is 0. The Kier molecular flexibility index (Phi) is 3.05. The first-order valence-corrected chi connectivity index (χ1v) is 8.60. The maximum Gasteiger partial charge on any atom is 0.273 e. The molecule has 0 fully saturated rings. The van der Waals surface area contributed by atoms with Crippen LogP contribution in [0, 0.1) is 0 Å². The van der Waals surface area contributed by atoms with Gasteiger partial charge < -0.3 is 0 Å². The van der Waals surface area contributed by atoms with Crippen molar-refractivity contribution >= 4 is 51.8 Å². The monoisotopic (exact) mass is 313 g/mol. The van der Waals surface area contributed by atoms with Gasteiger partial charge in [0.2, 0.25) is 0 Å². The second-order valence-corrected chi connectivity index (χ2v) is 7.04. The highest BCUT2D eigenvalue weighted by Gasteiger charge is 2.41. The van der Waals surface area contributed by atoms with E-state index in [1.54, 1.807) is 0 Å². The maximum absolute atomic E-state index is 12.5. The fraction of sp³-hybridized carbons (Fsp3) is 0.125. The molecule has 2 heterocycles. The molecule has 0 atom stereocenters. The molecular weight excluding hydrogens is 302 g/mol. The van der Waals surface area contributed by atoms with Crippen molar-refractivity contribution in [3.63, 3.8) is 0 Å². The highest BCUT2D eigenvalue weighted by Crippen LogP contribution is 2.42. The fourth-order valence-corrected chi connectivity index (χ4v) is 4.88. The second-order valence-electron chi connectivity index (χ2n) is 4.83. The van der Waals surface area contributed by atoms with Gasteiger partial charge in [-0.1, -0.05) is 30.3 Å². The van der Waals surface area contributed by atoms with Gasteiger partial charge in [0.05, 0.1) is 15.5 Å². The molecule has 21 heavy (non-hydrogen) atoms. The first-order chi connectivity index (χ1) is 10.3. The fourth-order valence-electron chi connectivity index (χ4n) is 2.58. The van der Waals surface area contributed by atoms with Crippen LogP contribution >= 0.6 is 23.5 Å². The van der Waals surface area contributed by atoms with Crippen molar-refractivity contribution in [2.24, 2.45) is 0 Å². The summed E-state index contributed by atoms with van der Waals surface area (Å²) in [7, 11) is 0. The Morgan fingerprint density at radius 3 is 2.10 bits per heavy atom. The number of benzene rings is 2. The Hall–Kier alpha value is -1.72. The van der Waals surface area contributed by atoms with Crippen molar-refractivity contribution in [3.05, 3.63) is 52.3 Å². The lowest BCUT2D eigenvalue weighted by atomic mass is 10.1. The SMILES string of the molecule is O=C1C2=C(SCCS2)C(=O)N1c1ccc2ccccc2c1. The Labute approximate surface area is 130 Å². The summed E-state index contributed by atoms with van der Waals surface area (Å²) in [5, 5.41) is 2.13. The predicted octanol–water partition coefficient (Wildman–Crippen LogP) is 3.40. The average Bonchev–Trinajstić information content (AvgIpc) is 2.79. The molecule has 0 unspecified atom stereocenters. The van der Waals surface area contributed by atoms with Gasteiger partial charge in [-0.2, -0.15) is 0 Å². The topological polar surface area (TPSA) is 37.4 Å². The highest BCUT2D eigenvalue weighted by atomic mass is 32.2. The number of nitrogens with zero attached hydrogens (tertiary/aromatic N) is 1. The van der Waals surface area contributed by atoms with Gasteiger partial charge in [-0.3, -0.25) is 9.59 Å². The Morgan fingerprint density at radius 2 is 1.43 bits per heavy atom. The zero-order valence-electron chi connectivity index (χ0n) is 11.0. The molecule has 3 nitrogen and oxygen atoms in total. The summed E-state index contributed by atoms with van der Waals surface area (Å²) in [6, 6.07) is 13.6. The van der Waals surface area contributed by atoms with Crippen molar-refractivity contribution in [1.82, 2.24) is 0 Å². The van der Waals surface area contributed by atoms with E-state index in [0.717, 1.165) is 22.3 Å². The molecule has 0 saturated carbocycles. The molecule has 0 saturated heterocycles. The molecule has 2 amide bonds. The van der Waals surface area contributed by atoms with Crippen LogP contribution in [0.2, 0.25) is 0 Å². The molecule has 2 aromatic rings. The van der Waals surface area contributed by atoms with Crippen LogP contribution in [0.15, 0.2) is 52.3 Å². The molecule has 0 aliphatic carbocycles. The molecule has 0 N–H and O–H groups in total. The van der Waals surface area contributed by atoms with Crippen LogP contribution in [0.1, 0.15) is 0 Å². The smallest absolute Gasteiger partial charge is 0.268 e. The average molecular weight is 313 g/mol. The van der Waals surface area contributed by atoms with Crippen molar-refractivity contribution in [1.29, 1.82) is 0 Å². The van der Waals surface area contributed by atoms with Crippen LogP contribution in [0.5, 0.6) is 0 Å². The van der Waals surface area contributed by atoms with Gasteiger partial charge in [0.15, 0.2) is 0 Å². The van der Waals surface area contributed by atoms with Gasteiger partial charge in [-0.25, -0.2) is 4.90 Å². The summed E-state index contributed by atoms with van der Waals surface area (Å²) in [6.07, 6.45) is 0. The number of carbonyl (C=O) groups is 2. The number of carbonyl (C=O) groups excluding carboxylic acids is 2. The van der Waals surface area contributed by atoms with E-state index in [9.17, 15) is 9.59 Å². The minimum Gasteiger partial charge on any atom is -0.268 e. The highest BCUT2D eigenvalue weighted by molar-refractivity contribution is 8.11. The molecule has 2 aliphatic heterocycles.